The van der Waals surface area contributed by atoms with Gasteiger partial charge in [-0.3, -0.25) is 0 Å². The van der Waals surface area contributed by atoms with Gasteiger partial charge in [-0.15, -0.1) is 0 Å². The average molecular weight is 248 g/mol. The summed E-state index contributed by atoms with van der Waals surface area (Å²) >= 11 is 0.631. The van der Waals surface area contributed by atoms with Crippen LogP contribution in [0.4, 0.5) is 0 Å². The van der Waals surface area contributed by atoms with Gasteiger partial charge in [-0.05, 0) is 11.4 Å². The van der Waals surface area contributed by atoms with Crippen LogP contribution >= 0.6 is 18.2 Å². The maximum absolute atomic E-state index is 10.9. The lowest BCUT2D eigenvalue weighted by atomic mass is 10.9. The molecule has 5 nitrogen and oxygen atoms in total. The molecule has 0 aromatic carbocycles. The van der Waals surface area contributed by atoms with E-state index in [1.165, 1.54) is 6.92 Å². The number of rotatable bonds is 6. The fourth-order valence-electron chi connectivity index (χ4n) is 0.477. The van der Waals surface area contributed by atoms with E-state index >= 15 is 0 Å². The predicted molar refractivity (Wildman–Crippen MR) is 53.6 cm³/mol. The predicted octanol–water partition coefficient (Wildman–Crippen LogP) is 0.901. The van der Waals surface area contributed by atoms with Gasteiger partial charge in [0.15, 0.2) is 9.84 Å². The molecule has 0 spiro atoms. The zero-order chi connectivity index (χ0) is 10.5. The topological polar surface area (TPSA) is 80.7 Å². The lowest BCUT2D eigenvalue weighted by Crippen LogP contribution is -2.10. The Labute approximate surface area is 82.1 Å². The first-order chi connectivity index (χ1) is 5.83. The monoisotopic (exact) mass is 248 g/mol. The van der Waals surface area contributed by atoms with Crippen LogP contribution in [-0.2, 0) is 18.9 Å². The fourth-order valence-corrected chi connectivity index (χ4v) is 4.09. The van der Waals surface area contributed by atoms with Gasteiger partial charge in [0.25, 0.3) is 0 Å². The van der Waals surface area contributed by atoms with Crippen molar-refractivity contribution in [1.29, 1.82) is 0 Å². The maximum atomic E-state index is 10.9. The molecule has 80 valence electrons. The molecule has 0 aliphatic carbocycles. The number of sulfone groups is 1. The standard InChI is InChI=1S/C5H13O5PS2/c1-3-13(8,9)5-4-12-11(6,7)10-2/h3-5H2,1-2H3,(H,6,7). The molecule has 0 radical (unpaired) electrons. The Balaban J connectivity index is 3.89. The largest absolute Gasteiger partial charge is 0.386 e. The summed E-state index contributed by atoms with van der Waals surface area (Å²) in [6.45, 7) is -2.08. The summed E-state index contributed by atoms with van der Waals surface area (Å²) in [5.74, 6) is 0.0378. The molecule has 0 aromatic rings. The first-order valence-electron chi connectivity index (χ1n) is 3.56. The molecule has 1 unspecified atom stereocenters. The van der Waals surface area contributed by atoms with Crippen molar-refractivity contribution in [3.63, 3.8) is 0 Å². The van der Waals surface area contributed by atoms with Gasteiger partial charge >= 0.3 is 6.80 Å². The van der Waals surface area contributed by atoms with Crippen molar-refractivity contribution in [2.45, 2.75) is 6.92 Å². The van der Waals surface area contributed by atoms with Crippen molar-refractivity contribution in [3.05, 3.63) is 0 Å². The molecule has 0 saturated heterocycles. The van der Waals surface area contributed by atoms with Crippen LogP contribution in [0.3, 0.4) is 0 Å². The first kappa shape index (κ1) is 13.4. The Kier molecular flexibility index (Phi) is 5.55. The third-order valence-corrected chi connectivity index (χ3v) is 6.43. The van der Waals surface area contributed by atoms with Gasteiger partial charge in [0.1, 0.15) is 0 Å². The second kappa shape index (κ2) is 5.36. The van der Waals surface area contributed by atoms with Gasteiger partial charge in [-0.1, -0.05) is 6.92 Å². The quantitative estimate of drug-likeness (QED) is 0.703. The highest BCUT2D eigenvalue weighted by Gasteiger charge is 2.19. The highest BCUT2D eigenvalue weighted by atomic mass is 32.7. The van der Waals surface area contributed by atoms with Crippen LogP contribution in [0.15, 0.2) is 0 Å². The van der Waals surface area contributed by atoms with Crippen LogP contribution < -0.4 is 0 Å². The van der Waals surface area contributed by atoms with Crippen molar-refractivity contribution in [3.8, 4) is 0 Å². The van der Waals surface area contributed by atoms with E-state index in [9.17, 15) is 13.0 Å². The highest BCUT2D eigenvalue weighted by molar-refractivity contribution is 8.54. The third kappa shape index (κ3) is 6.51. The minimum atomic E-state index is -3.62. The SMILES string of the molecule is CCS(=O)(=O)CCSP(=O)(O)OC. The fraction of sp³-hybridized carbons (Fsp3) is 1.00. The van der Waals surface area contributed by atoms with Crippen LogP contribution in [0.25, 0.3) is 0 Å². The van der Waals surface area contributed by atoms with Crippen LogP contribution in [-0.4, -0.2) is 37.7 Å². The van der Waals surface area contributed by atoms with E-state index in [0.717, 1.165) is 7.11 Å². The molecule has 0 aromatic heterocycles. The van der Waals surface area contributed by atoms with Crippen molar-refractivity contribution in [2.75, 3.05) is 24.4 Å². The van der Waals surface area contributed by atoms with Gasteiger partial charge in [0.2, 0.25) is 0 Å². The van der Waals surface area contributed by atoms with Crippen LogP contribution in [0.1, 0.15) is 6.92 Å². The van der Waals surface area contributed by atoms with E-state index in [2.05, 4.69) is 4.52 Å². The molecular formula is C5H13O5PS2. The summed E-state index contributed by atoms with van der Waals surface area (Å²) < 4.78 is 37.0. The minimum Gasteiger partial charge on any atom is -0.316 e. The van der Waals surface area contributed by atoms with E-state index in [1.54, 1.807) is 0 Å². The molecule has 0 aliphatic heterocycles. The van der Waals surface area contributed by atoms with Crippen LogP contribution in [0.2, 0.25) is 0 Å². The van der Waals surface area contributed by atoms with E-state index in [4.69, 9.17) is 4.89 Å². The molecule has 0 saturated carbocycles. The van der Waals surface area contributed by atoms with E-state index in [-0.39, 0.29) is 17.3 Å². The minimum absolute atomic E-state index is 0.0519. The summed E-state index contributed by atoms with van der Waals surface area (Å²) in [6, 6.07) is 0. The second-order valence-electron chi connectivity index (χ2n) is 2.22. The molecule has 0 heterocycles. The number of hydrogen-bond acceptors (Lipinski definition) is 5. The summed E-state index contributed by atoms with van der Waals surface area (Å²) in [5, 5.41) is 0. The van der Waals surface area contributed by atoms with Gasteiger partial charge in [0.05, 0.1) is 5.75 Å². The van der Waals surface area contributed by atoms with Gasteiger partial charge < -0.3 is 9.42 Å². The van der Waals surface area contributed by atoms with Crippen molar-refractivity contribution < 1.29 is 22.4 Å². The Morgan fingerprint density at radius 1 is 1.54 bits per heavy atom. The van der Waals surface area contributed by atoms with Gasteiger partial charge in [0, 0.05) is 18.6 Å². The molecule has 0 fully saturated rings. The maximum Gasteiger partial charge on any atom is 0.386 e. The number of hydrogen-bond donors (Lipinski definition) is 1. The second-order valence-corrected chi connectivity index (χ2v) is 8.82. The summed E-state index contributed by atoms with van der Waals surface area (Å²) in [6.07, 6.45) is 0. The molecule has 0 rings (SSSR count). The van der Waals surface area contributed by atoms with Gasteiger partial charge in [-0.2, -0.15) is 0 Å². The summed E-state index contributed by atoms with van der Waals surface area (Å²) in [7, 11) is -1.95. The Morgan fingerprint density at radius 3 is 2.46 bits per heavy atom. The molecule has 0 aliphatic rings. The first-order valence-corrected chi connectivity index (χ1v) is 8.55. The van der Waals surface area contributed by atoms with Crippen molar-refractivity contribution in [2.24, 2.45) is 0 Å². The zero-order valence-corrected chi connectivity index (χ0v) is 9.99. The van der Waals surface area contributed by atoms with Crippen molar-refractivity contribution in [1.82, 2.24) is 0 Å². The van der Waals surface area contributed by atoms with E-state index in [0.29, 0.717) is 11.4 Å². The molecule has 1 N–H and O–H groups in total. The smallest absolute Gasteiger partial charge is 0.316 e. The summed E-state index contributed by atoms with van der Waals surface area (Å²) in [5.41, 5.74) is 0. The van der Waals surface area contributed by atoms with Crippen LogP contribution in [0.5, 0.6) is 0 Å². The highest BCUT2D eigenvalue weighted by Crippen LogP contribution is 2.54. The van der Waals surface area contributed by atoms with E-state index < -0.39 is 16.6 Å². The summed E-state index contributed by atoms with van der Waals surface area (Å²) in [4.78, 5) is 8.89. The average Bonchev–Trinajstić information content (AvgIpc) is 2.04. The Morgan fingerprint density at radius 2 is 2.08 bits per heavy atom. The lowest BCUT2D eigenvalue weighted by molar-refractivity contribution is 0.336. The van der Waals surface area contributed by atoms with Crippen molar-refractivity contribution >= 4 is 28.0 Å². The van der Waals surface area contributed by atoms with Crippen LogP contribution in [0, 0.1) is 0 Å². The lowest BCUT2D eigenvalue weighted by Gasteiger charge is -2.06. The molecular weight excluding hydrogens is 235 g/mol. The van der Waals surface area contributed by atoms with E-state index in [1.807, 2.05) is 0 Å². The molecule has 1 atom stereocenters. The third-order valence-electron chi connectivity index (χ3n) is 1.32. The molecule has 0 bridgehead atoms. The Bertz CT molecular complexity index is 285. The van der Waals surface area contributed by atoms with Gasteiger partial charge in [-0.25, -0.2) is 13.0 Å². The molecule has 13 heavy (non-hydrogen) atoms. The molecule has 0 amide bonds. The normalized spacial score (nSPS) is 16.8. The Hall–Kier alpha value is 0.450. The molecule has 8 heteroatoms. The zero-order valence-electron chi connectivity index (χ0n) is 7.47.